The highest BCUT2D eigenvalue weighted by atomic mass is 32.1. The lowest BCUT2D eigenvalue weighted by molar-refractivity contribution is -0.159. The second-order valence-corrected chi connectivity index (χ2v) is 7.91. The van der Waals surface area contributed by atoms with Crippen molar-refractivity contribution in [1.82, 2.24) is 15.0 Å². The van der Waals surface area contributed by atoms with Gasteiger partial charge in [-0.2, -0.15) is 18.2 Å². The molecule has 0 bridgehead atoms. The van der Waals surface area contributed by atoms with Crippen LogP contribution in [-0.4, -0.2) is 27.5 Å². The van der Waals surface area contributed by atoms with Crippen LogP contribution in [0.2, 0.25) is 0 Å². The summed E-state index contributed by atoms with van der Waals surface area (Å²) < 4.78 is 42.3. The third-order valence-corrected chi connectivity index (χ3v) is 5.83. The number of hydrogen-bond donors (Lipinski definition) is 0. The highest BCUT2D eigenvalue weighted by molar-refractivity contribution is 7.15. The summed E-state index contributed by atoms with van der Waals surface area (Å²) in [6, 6.07) is 7.50. The molecule has 1 aliphatic heterocycles. The van der Waals surface area contributed by atoms with Crippen molar-refractivity contribution in [3.05, 3.63) is 57.3 Å². The van der Waals surface area contributed by atoms with E-state index < -0.39 is 12.1 Å². The Labute approximate surface area is 162 Å². The van der Waals surface area contributed by atoms with Gasteiger partial charge < -0.3 is 9.42 Å². The topological polar surface area (TPSA) is 59.2 Å². The molecular formula is C19H16F3N3O2S. The molecule has 0 aliphatic carbocycles. The number of rotatable bonds is 2. The predicted octanol–water partition coefficient (Wildman–Crippen LogP) is 4.63. The number of carbonyl (C=O) groups excluding carboxylic acids is 1. The van der Waals surface area contributed by atoms with Crippen molar-refractivity contribution in [1.29, 1.82) is 0 Å². The molecule has 0 N–H and O–H groups in total. The maximum atomic E-state index is 12.9. The second kappa shape index (κ2) is 6.73. The molecule has 2 aromatic heterocycles. The highest BCUT2D eigenvalue weighted by Crippen LogP contribution is 2.36. The van der Waals surface area contributed by atoms with Gasteiger partial charge >= 0.3 is 12.1 Å². The molecule has 0 unspecified atom stereocenters. The van der Waals surface area contributed by atoms with E-state index in [0.29, 0.717) is 30.0 Å². The summed E-state index contributed by atoms with van der Waals surface area (Å²) in [6.45, 7) is 4.85. The van der Waals surface area contributed by atoms with Crippen molar-refractivity contribution < 1.29 is 22.5 Å². The Morgan fingerprint density at radius 2 is 2.04 bits per heavy atom. The first-order chi connectivity index (χ1) is 13.2. The zero-order valence-electron chi connectivity index (χ0n) is 15.1. The van der Waals surface area contributed by atoms with Crippen molar-refractivity contribution in [2.24, 2.45) is 0 Å². The Morgan fingerprint density at radius 3 is 2.71 bits per heavy atom. The molecule has 1 aliphatic rings. The Kier molecular flexibility index (Phi) is 4.49. The SMILES string of the molecule is Cc1ccc(C(=O)N2CCc3cc(-c4noc(C(F)(F)F)n4)sc3C2)c(C)c1. The van der Waals surface area contributed by atoms with Gasteiger partial charge in [0.15, 0.2) is 0 Å². The van der Waals surface area contributed by atoms with E-state index in [-0.39, 0.29) is 11.7 Å². The molecule has 1 amide bonds. The molecule has 28 heavy (non-hydrogen) atoms. The minimum absolute atomic E-state index is 0.0444. The van der Waals surface area contributed by atoms with Crippen LogP contribution < -0.4 is 0 Å². The summed E-state index contributed by atoms with van der Waals surface area (Å²) >= 11 is 1.29. The number of carbonyl (C=O) groups is 1. The van der Waals surface area contributed by atoms with Gasteiger partial charge in [0.1, 0.15) is 0 Å². The number of aromatic nitrogens is 2. The normalized spacial score (nSPS) is 14.2. The lowest BCUT2D eigenvalue weighted by Crippen LogP contribution is -2.35. The van der Waals surface area contributed by atoms with Gasteiger partial charge in [-0.1, -0.05) is 22.9 Å². The largest absolute Gasteiger partial charge is 0.471 e. The summed E-state index contributed by atoms with van der Waals surface area (Å²) in [7, 11) is 0. The molecule has 3 heterocycles. The number of amides is 1. The lowest BCUT2D eigenvalue weighted by atomic mass is 10.0. The zero-order chi connectivity index (χ0) is 20.1. The van der Waals surface area contributed by atoms with Crippen LogP contribution in [-0.2, 0) is 19.1 Å². The zero-order valence-corrected chi connectivity index (χ0v) is 15.9. The maximum Gasteiger partial charge on any atom is 0.471 e. The first kappa shape index (κ1) is 18.7. The van der Waals surface area contributed by atoms with Crippen LogP contribution in [0.15, 0.2) is 28.8 Å². The van der Waals surface area contributed by atoms with Crippen molar-refractivity contribution in [2.45, 2.75) is 33.0 Å². The third kappa shape index (κ3) is 3.42. The molecule has 0 spiro atoms. The van der Waals surface area contributed by atoms with E-state index in [1.165, 1.54) is 11.3 Å². The van der Waals surface area contributed by atoms with Crippen LogP contribution in [0.4, 0.5) is 13.2 Å². The lowest BCUT2D eigenvalue weighted by Gasteiger charge is -2.27. The van der Waals surface area contributed by atoms with E-state index in [1.54, 1.807) is 11.0 Å². The molecule has 146 valence electrons. The van der Waals surface area contributed by atoms with E-state index in [4.69, 9.17) is 0 Å². The summed E-state index contributed by atoms with van der Waals surface area (Å²) in [5, 5.41) is 3.44. The quantitative estimate of drug-likeness (QED) is 0.621. The fourth-order valence-electron chi connectivity index (χ4n) is 3.27. The summed E-state index contributed by atoms with van der Waals surface area (Å²) in [4.78, 5) is 19.5. The Hall–Kier alpha value is -2.68. The standard InChI is InChI=1S/C19H16F3N3O2S/c1-10-3-4-13(11(2)7-10)17(26)25-6-5-12-8-14(28-15(12)9-25)16-23-18(27-24-16)19(20,21)22/h3-4,7-8H,5-6,9H2,1-2H3. The summed E-state index contributed by atoms with van der Waals surface area (Å²) in [5.41, 5.74) is 3.69. The summed E-state index contributed by atoms with van der Waals surface area (Å²) in [5.74, 6) is -1.49. The van der Waals surface area contributed by atoms with Gasteiger partial charge in [0.2, 0.25) is 5.82 Å². The van der Waals surface area contributed by atoms with Gasteiger partial charge in [-0.25, -0.2) is 0 Å². The number of benzene rings is 1. The van der Waals surface area contributed by atoms with E-state index in [2.05, 4.69) is 14.7 Å². The van der Waals surface area contributed by atoms with Crippen LogP contribution in [0.1, 0.15) is 37.8 Å². The van der Waals surface area contributed by atoms with E-state index >= 15 is 0 Å². The second-order valence-electron chi connectivity index (χ2n) is 6.78. The number of hydrogen-bond acceptors (Lipinski definition) is 5. The molecule has 0 saturated carbocycles. The monoisotopic (exact) mass is 407 g/mol. The van der Waals surface area contributed by atoms with Crippen LogP contribution in [0.5, 0.6) is 0 Å². The Bertz CT molecular complexity index is 1060. The molecule has 0 saturated heterocycles. The molecule has 3 aromatic rings. The minimum atomic E-state index is -4.67. The Morgan fingerprint density at radius 1 is 1.25 bits per heavy atom. The van der Waals surface area contributed by atoms with Crippen LogP contribution in [0.25, 0.3) is 10.7 Å². The number of thiophene rings is 1. The van der Waals surface area contributed by atoms with E-state index in [9.17, 15) is 18.0 Å². The fraction of sp³-hybridized carbons (Fsp3) is 0.316. The van der Waals surface area contributed by atoms with Gasteiger partial charge in [-0.3, -0.25) is 4.79 Å². The number of alkyl halides is 3. The first-order valence-corrected chi connectivity index (χ1v) is 9.43. The summed E-state index contributed by atoms with van der Waals surface area (Å²) in [6.07, 6.45) is -4.04. The molecule has 0 radical (unpaired) electrons. The van der Waals surface area contributed by atoms with Crippen LogP contribution >= 0.6 is 11.3 Å². The number of halogens is 3. The molecule has 5 nitrogen and oxygen atoms in total. The number of fused-ring (bicyclic) bond motifs is 1. The molecule has 0 fully saturated rings. The van der Waals surface area contributed by atoms with Gasteiger partial charge in [-0.05, 0) is 43.5 Å². The number of aryl methyl sites for hydroxylation is 2. The van der Waals surface area contributed by atoms with Crippen LogP contribution in [0.3, 0.4) is 0 Å². The van der Waals surface area contributed by atoms with E-state index in [0.717, 1.165) is 21.6 Å². The highest BCUT2D eigenvalue weighted by Gasteiger charge is 2.39. The van der Waals surface area contributed by atoms with E-state index in [1.807, 2.05) is 32.0 Å². The van der Waals surface area contributed by atoms with Gasteiger partial charge in [0, 0.05) is 17.0 Å². The molecule has 0 atom stereocenters. The van der Waals surface area contributed by atoms with Crippen LogP contribution in [0, 0.1) is 13.8 Å². The fourth-order valence-corrected chi connectivity index (χ4v) is 4.42. The average Bonchev–Trinajstić information content (AvgIpc) is 3.27. The van der Waals surface area contributed by atoms with Crippen molar-refractivity contribution in [3.8, 4) is 10.7 Å². The first-order valence-electron chi connectivity index (χ1n) is 8.62. The van der Waals surface area contributed by atoms with Crippen molar-refractivity contribution >= 4 is 17.2 Å². The predicted molar refractivity (Wildman–Crippen MR) is 97.0 cm³/mol. The third-order valence-electron chi connectivity index (χ3n) is 4.67. The average molecular weight is 407 g/mol. The smallest absolute Gasteiger partial charge is 0.333 e. The molecular weight excluding hydrogens is 391 g/mol. The molecule has 9 heteroatoms. The Balaban J connectivity index is 1.56. The van der Waals surface area contributed by atoms with Gasteiger partial charge in [0.05, 0.1) is 11.4 Å². The van der Waals surface area contributed by atoms with Gasteiger partial charge in [0.25, 0.3) is 5.91 Å². The van der Waals surface area contributed by atoms with Crippen molar-refractivity contribution in [3.63, 3.8) is 0 Å². The molecule has 1 aromatic carbocycles. The molecule has 4 rings (SSSR count). The number of nitrogens with zero attached hydrogens (tertiary/aromatic N) is 3. The maximum absolute atomic E-state index is 12.9. The van der Waals surface area contributed by atoms with Crippen molar-refractivity contribution in [2.75, 3.05) is 6.54 Å². The minimum Gasteiger partial charge on any atom is -0.333 e. The van der Waals surface area contributed by atoms with Gasteiger partial charge in [-0.15, -0.1) is 11.3 Å².